The fourth-order valence-electron chi connectivity index (χ4n) is 1.23. The number of ether oxygens (including phenoxy) is 1. The van der Waals surface area contributed by atoms with Crippen LogP contribution in [0.2, 0.25) is 0 Å². The minimum atomic E-state index is -0.483. The zero-order chi connectivity index (χ0) is 12.3. The molecule has 0 bridgehead atoms. The van der Waals surface area contributed by atoms with Gasteiger partial charge >= 0.3 is 0 Å². The summed E-state index contributed by atoms with van der Waals surface area (Å²) >= 11 is 0. The zero-order valence-electron chi connectivity index (χ0n) is 8.74. The van der Waals surface area contributed by atoms with Gasteiger partial charge in [-0.2, -0.15) is 0 Å². The lowest BCUT2D eigenvalue weighted by Gasteiger charge is -2.04. The van der Waals surface area contributed by atoms with E-state index in [4.69, 9.17) is 10.5 Å². The monoisotopic (exact) mass is 231 g/mol. The molecule has 6 nitrogen and oxygen atoms in total. The fourth-order valence-corrected chi connectivity index (χ4v) is 1.23. The van der Waals surface area contributed by atoms with Crippen LogP contribution in [-0.2, 0) is 0 Å². The number of nitrogens with zero attached hydrogens (tertiary/aromatic N) is 2. The molecule has 86 valence electrons. The highest BCUT2D eigenvalue weighted by Crippen LogP contribution is 2.23. The molecule has 0 aliphatic heterocycles. The molecule has 1 aromatic heterocycles. The van der Waals surface area contributed by atoms with Gasteiger partial charge < -0.3 is 10.5 Å². The Labute approximate surface area is 96.8 Å². The summed E-state index contributed by atoms with van der Waals surface area (Å²) in [5.41, 5.74) is 5.97. The minimum absolute atomic E-state index is 0.0297. The second kappa shape index (κ2) is 4.48. The highest BCUT2D eigenvalue weighted by molar-refractivity contribution is 5.41. The van der Waals surface area contributed by atoms with Crippen molar-refractivity contribution in [3.8, 4) is 11.6 Å². The Morgan fingerprint density at radius 3 is 2.76 bits per heavy atom. The second-order valence-corrected chi connectivity index (χ2v) is 3.29. The van der Waals surface area contributed by atoms with Crippen LogP contribution in [0.1, 0.15) is 0 Å². The Hall–Kier alpha value is -2.63. The van der Waals surface area contributed by atoms with Gasteiger partial charge in [0.25, 0.3) is 5.69 Å². The Morgan fingerprint density at radius 1 is 1.29 bits per heavy atom. The number of benzene rings is 1. The van der Waals surface area contributed by atoms with E-state index in [1.807, 2.05) is 0 Å². The Bertz CT molecular complexity index is 540. The van der Waals surface area contributed by atoms with Crippen molar-refractivity contribution in [2.45, 2.75) is 0 Å². The molecule has 6 heteroatoms. The number of non-ortho nitro benzene ring substituents is 1. The first-order valence-electron chi connectivity index (χ1n) is 4.79. The molecule has 0 saturated carbocycles. The summed E-state index contributed by atoms with van der Waals surface area (Å²) in [4.78, 5) is 14.0. The van der Waals surface area contributed by atoms with Crippen LogP contribution in [0.5, 0.6) is 11.6 Å². The number of anilines is 1. The van der Waals surface area contributed by atoms with Crippen molar-refractivity contribution in [2.24, 2.45) is 0 Å². The van der Waals surface area contributed by atoms with Crippen LogP contribution in [0.4, 0.5) is 11.4 Å². The van der Waals surface area contributed by atoms with Gasteiger partial charge in [0.05, 0.1) is 22.9 Å². The van der Waals surface area contributed by atoms with Crippen molar-refractivity contribution in [2.75, 3.05) is 5.73 Å². The van der Waals surface area contributed by atoms with E-state index in [9.17, 15) is 10.1 Å². The van der Waals surface area contributed by atoms with Gasteiger partial charge in [0.2, 0.25) is 5.88 Å². The molecule has 0 spiro atoms. The molecule has 0 saturated heterocycles. The van der Waals surface area contributed by atoms with E-state index in [0.717, 1.165) is 0 Å². The lowest BCUT2D eigenvalue weighted by molar-refractivity contribution is -0.384. The van der Waals surface area contributed by atoms with Crippen molar-refractivity contribution < 1.29 is 9.66 Å². The summed E-state index contributed by atoms with van der Waals surface area (Å²) in [6, 6.07) is 9.12. The molecule has 0 radical (unpaired) electrons. The summed E-state index contributed by atoms with van der Waals surface area (Å²) in [6.07, 6.45) is 1.45. The van der Waals surface area contributed by atoms with Crippen LogP contribution in [0, 0.1) is 10.1 Å². The van der Waals surface area contributed by atoms with E-state index in [0.29, 0.717) is 17.3 Å². The maximum Gasteiger partial charge on any atom is 0.273 e. The number of hydrogen-bond acceptors (Lipinski definition) is 5. The van der Waals surface area contributed by atoms with E-state index < -0.39 is 4.92 Å². The summed E-state index contributed by atoms with van der Waals surface area (Å²) in [5.74, 6) is 0.691. The molecule has 1 heterocycles. The largest absolute Gasteiger partial charge is 0.439 e. The summed E-state index contributed by atoms with van der Waals surface area (Å²) < 4.78 is 5.35. The Morgan fingerprint density at radius 2 is 2.12 bits per heavy atom. The van der Waals surface area contributed by atoms with Gasteiger partial charge in [0.1, 0.15) is 5.75 Å². The molecule has 0 unspecified atom stereocenters. The van der Waals surface area contributed by atoms with Crippen molar-refractivity contribution >= 4 is 11.4 Å². The van der Waals surface area contributed by atoms with Crippen LogP contribution < -0.4 is 10.5 Å². The van der Waals surface area contributed by atoms with Crippen molar-refractivity contribution in [1.82, 2.24) is 4.98 Å². The number of nitrogen functional groups attached to an aromatic ring is 1. The first-order valence-corrected chi connectivity index (χ1v) is 4.79. The Kier molecular flexibility index (Phi) is 2.87. The van der Waals surface area contributed by atoms with E-state index in [1.54, 1.807) is 24.3 Å². The highest BCUT2D eigenvalue weighted by atomic mass is 16.6. The lowest BCUT2D eigenvalue weighted by Crippen LogP contribution is -1.92. The molecule has 2 rings (SSSR count). The van der Waals surface area contributed by atoms with Gasteiger partial charge in [-0.05, 0) is 12.1 Å². The molecular formula is C11H9N3O3. The number of nitro benzene ring substituents is 1. The van der Waals surface area contributed by atoms with Gasteiger partial charge in [-0.15, -0.1) is 0 Å². The zero-order valence-corrected chi connectivity index (χ0v) is 8.74. The molecular weight excluding hydrogens is 222 g/mol. The quantitative estimate of drug-likeness (QED) is 0.646. The number of nitro groups is 1. The first kappa shape index (κ1) is 10.9. The average molecular weight is 231 g/mol. The van der Waals surface area contributed by atoms with Crippen LogP contribution in [0.15, 0.2) is 42.6 Å². The molecule has 1 aromatic carbocycles. The van der Waals surface area contributed by atoms with Crippen LogP contribution in [0.3, 0.4) is 0 Å². The summed E-state index contributed by atoms with van der Waals surface area (Å²) in [6.45, 7) is 0. The summed E-state index contributed by atoms with van der Waals surface area (Å²) in [7, 11) is 0. The lowest BCUT2D eigenvalue weighted by atomic mass is 10.3. The van der Waals surface area contributed by atoms with E-state index in [-0.39, 0.29) is 5.69 Å². The third-order valence-electron chi connectivity index (χ3n) is 2.01. The SMILES string of the molecule is Nc1ccc(Oc2cccc([N+](=O)[O-])c2)nc1. The van der Waals surface area contributed by atoms with Crippen LogP contribution in [-0.4, -0.2) is 9.91 Å². The van der Waals surface area contributed by atoms with Gasteiger partial charge in [0.15, 0.2) is 0 Å². The van der Waals surface area contributed by atoms with E-state index >= 15 is 0 Å². The average Bonchev–Trinajstić information content (AvgIpc) is 2.32. The molecule has 0 atom stereocenters. The molecule has 2 N–H and O–H groups in total. The molecule has 0 aliphatic carbocycles. The van der Waals surface area contributed by atoms with Crippen molar-refractivity contribution in [1.29, 1.82) is 0 Å². The molecule has 17 heavy (non-hydrogen) atoms. The van der Waals surface area contributed by atoms with Gasteiger partial charge in [-0.3, -0.25) is 10.1 Å². The number of pyridine rings is 1. The maximum atomic E-state index is 10.6. The van der Waals surface area contributed by atoms with E-state index in [2.05, 4.69) is 4.98 Å². The normalized spacial score (nSPS) is 9.88. The van der Waals surface area contributed by atoms with Gasteiger partial charge in [-0.25, -0.2) is 4.98 Å². The van der Waals surface area contributed by atoms with Gasteiger partial charge in [0, 0.05) is 12.1 Å². The number of hydrogen-bond donors (Lipinski definition) is 1. The predicted octanol–water partition coefficient (Wildman–Crippen LogP) is 2.36. The third kappa shape index (κ3) is 2.69. The summed E-state index contributed by atoms with van der Waals surface area (Å²) in [5, 5.41) is 10.6. The maximum absolute atomic E-state index is 10.6. The number of nitrogens with two attached hydrogens (primary N) is 1. The third-order valence-corrected chi connectivity index (χ3v) is 2.01. The predicted molar refractivity (Wildman–Crippen MR) is 61.8 cm³/mol. The van der Waals surface area contributed by atoms with E-state index in [1.165, 1.54) is 18.3 Å². The molecule has 0 amide bonds. The second-order valence-electron chi connectivity index (χ2n) is 3.29. The minimum Gasteiger partial charge on any atom is -0.439 e. The van der Waals surface area contributed by atoms with Crippen molar-refractivity contribution in [3.63, 3.8) is 0 Å². The smallest absolute Gasteiger partial charge is 0.273 e. The standard InChI is InChI=1S/C11H9N3O3/c12-8-4-5-11(13-7-8)17-10-3-1-2-9(6-10)14(15)16/h1-7H,12H2. The molecule has 2 aromatic rings. The topological polar surface area (TPSA) is 91.3 Å². The fraction of sp³-hybridized carbons (Fsp3) is 0. The van der Waals surface area contributed by atoms with Gasteiger partial charge in [-0.1, -0.05) is 6.07 Å². The Balaban J connectivity index is 2.21. The van der Waals surface area contributed by atoms with Crippen LogP contribution in [0.25, 0.3) is 0 Å². The first-order chi connectivity index (χ1) is 8.15. The van der Waals surface area contributed by atoms with Crippen molar-refractivity contribution in [3.05, 3.63) is 52.7 Å². The molecule has 0 fully saturated rings. The highest BCUT2D eigenvalue weighted by Gasteiger charge is 2.07. The van der Waals surface area contributed by atoms with Crippen LogP contribution >= 0.6 is 0 Å². The number of aromatic nitrogens is 1. The number of rotatable bonds is 3. The molecule has 0 aliphatic rings.